The van der Waals surface area contributed by atoms with Crippen LogP contribution in [0.5, 0.6) is 0 Å². The van der Waals surface area contributed by atoms with Crippen LogP contribution >= 0.6 is 27.7 Å². The van der Waals surface area contributed by atoms with Crippen LogP contribution in [0, 0.1) is 12.8 Å². The smallest absolute Gasteiger partial charge is 0.0738 e. The standard InChI is InChI=1S/C10H17BrN2S/c1-7(2)5-14-6-9-10(11)8(3)12-13(9)4/h7H,5-6H2,1-4H3. The maximum Gasteiger partial charge on any atom is 0.0738 e. The Morgan fingerprint density at radius 3 is 2.57 bits per heavy atom. The summed E-state index contributed by atoms with van der Waals surface area (Å²) >= 11 is 5.54. The molecule has 0 N–H and O–H groups in total. The number of hydrogen-bond acceptors (Lipinski definition) is 2. The first-order chi connectivity index (χ1) is 6.52. The van der Waals surface area contributed by atoms with Gasteiger partial charge in [-0.3, -0.25) is 4.68 Å². The van der Waals surface area contributed by atoms with Gasteiger partial charge in [0.2, 0.25) is 0 Å². The second-order valence-corrected chi connectivity index (χ2v) is 5.70. The van der Waals surface area contributed by atoms with Crippen molar-refractivity contribution in [1.29, 1.82) is 0 Å². The highest BCUT2D eigenvalue weighted by molar-refractivity contribution is 9.10. The Balaban J connectivity index is 2.58. The monoisotopic (exact) mass is 276 g/mol. The molecule has 1 heterocycles. The number of aromatic nitrogens is 2. The first-order valence-electron chi connectivity index (χ1n) is 4.78. The quantitative estimate of drug-likeness (QED) is 0.839. The van der Waals surface area contributed by atoms with Gasteiger partial charge in [-0.05, 0) is 34.5 Å². The Morgan fingerprint density at radius 2 is 2.14 bits per heavy atom. The summed E-state index contributed by atoms with van der Waals surface area (Å²) in [5.74, 6) is 3.00. The van der Waals surface area contributed by atoms with E-state index in [1.165, 1.54) is 11.4 Å². The lowest BCUT2D eigenvalue weighted by Gasteiger charge is -2.05. The number of hydrogen-bond donors (Lipinski definition) is 0. The van der Waals surface area contributed by atoms with Crippen LogP contribution in [0.1, 0.15) is 25.2 Å². The summed E-state index contributed by atoms with van der Waals surface area (Å²) in [6.45, 7) is 6.52. The summed E-state index contributed by atoms with van der Waals surface area (Å²) in [5, 5.41) is 4.36. The minimum Gasteiger partial charge on any atom is -0.270 e. The van der Waals surface area contributed by atoms with Crippen LogP contribution in [0.25, 0.3) is 0 Å². The minimum absolute atomic E-state index is 0.757. The fraction of sp³-hybridized carbons (Fsp3) is 0.700. The maximum absolute atomic E-state index is 4.36. The van der Waals surface area contributed by atoms with Crippen molar-refractivity contribution in [3.05, 3.63) is 15.9 Å². The van der Waals surface area contributed by atoms with E-state index in [2.05, 4.69) is 34.9 Å². The molecule has 0 fully saturated rings. The van der Waals surface area contributed by atoms with E-state index in [1.807, 2.05) is 30.4 Å². The fourth-order valence-corrected chi connectivity index (χ4v) is 3.00. The normalized spacial score (nSPS) is 11.3. The van der Waals surface area contributed by atoms with Crippen LogP contribution < -0.4 is 0 Å². The van der Waals surface area contributed by atoms with Crippen molar-refractivity contribution in [2.24, 2.45) is 13.0 Å². The van der Waals surface area contributed by atoms with Gasteiger partial charge in [0.05, 0.1) is 15.9 Å². The van der Waals surface area contributed by atoms with E-state index in [0.29, 0.717) is 0 Å². The van der Waals surface area contributed by atoms with Crippen LogP contribution in [0.3, 0.4) is 0 Å². The summed E-state index contributed by atoms with van der Waals surface area (Å²) < 4.78 is 3.13. The number of nitrogens with zero attached hydrogens (tertiary/aromatic N) is 2. The lowest BCUT2D eigenvalue weighted by atomic mass is 10.3. The van der Waals surface area contributed by atoms with Crippen LogP contribution in [0.4, 0.5) is 0 Å². The second-order valence-electron chi connectivity index (χ2n) is 3.88. The molecule has 0 aromatic carbocycles. The molecule has 4 heteroatoms. The molecule has 0 unspecified atom stereocenters. The van der Waals surface area contributed by atoms with Crippen molar-refractivity contribution in [2.75, 3.05) is 5.75 Å². The molecule has 0 spiro atoms. The number of aryl methyl sites for hydroxylation is 2. The van der Waals surface area contributed by atoms with E-state index in [9.17, 15) is 0 Å². The zero-order valence-electron chi connectivity index (χ0n) is 9.17. The number of thioether (sulfide) groups is 1. The van der Waals surface area contributed by atoms with Crippen LogP contribution in [0.15, 0.2) is 4.47 Å². The zero-order valence-corrected chi connectivity index (χ0v) is 11.6. The molecular formula is C10H17BrN2S. The predicted octanol–water partition coefficient (Wildman–Crippen LogP) is 3.38. The Morgan fingerprint density at radius 1 is 1.50 bits per heavy atom. The Labute approximate surface area is 98.6 Å². The third-order valence-electron chi connectivity index (χ3n) is 1.95. The van der Waals surface area contributed by atoms with Gasteiger partial charge in [0, 0.05) is 12.8 Å². The van der Waals surface area contributed by atoms with Gasteiger partial charge < -0.3 is 0 Å². The molecule has 0 aliphatic rings. The first kappa shape index (κ1) is 12.1. The zero-order chi connectivity index (χ0) is 10.7. The van der Waals surface area contributed by atoms with Crippen molar-refractivity contribution < 1.29 is 0 Å². The predicted molar refractivity (Wildman–Crippen MR) is 66.6 cm³/mol. The van der Waals surface area contributed by atoms with Crippen LogP contribution in [-0.2, 0) is 12.8 Å². The van der Waals surface area contributed by atoms with Gasteiger partial charge in [0.1, 0.15) is 0 Å². The van der Waals surface area contributed by atoms with E-state index in [-0.39, 0.29) is 0 Å². The maximum atomic E-state index is 4.36. The van der Waals surface area contributed by atoms with Gasteiger partial charge >= 0.3 is 0 Å². The average molecular weight is 277 g/mol. The lowest BCUT2D eigenvalue weighted by Crippen LogP contribution is -1.98. The van der Waals surface area contributed by atoms with Gasteiger partial charge in [0.15, 0.2) is 0 Å². The van der Waals surface area contributed by atoms with Gasteiger partial charge in [0.25, 0.3) is 0 Å². The molecule has 1 rings (SSSR count). The van der Waals surface area contributed by atoms with Gasteiger partial charge in [-0.1, -0.05) is 13.8 Å². The van der Waals surface area contributed by atoms with E-state index >= 15 is 0 Å². The fourth-order valence-electron chi connectivity index (χ4n) is 1.23. The molecule has 1 aromatic heterocycles. The van der Waals surface area contributed by atoms with E-state index in [4.69, 9.17) is 0 Å². The second kappa shape index (κ2) is 5.21. The molecular weight excluding hydrogens is 260 g/mol. The molecule has 80 valence electrons. The molecule has 0 saturated carbocycles. The average Bonchev–Trinajstić information content (AvgIpc) is 2.31. The summed E-state index contributed by atoms with van der Waals surface area (Å²) in [4.78, 5) is 0. The Hall–Kier alpha value is 0.0400. The molecule has 2 nitrogen and oxygen atoms in total. The molecule has 0 aliphatic carbocycles. The van der Waals surface area contributed by atoms with Crippen molar-refractivity contribution in [3.63, 3.8) is 0 Å². The Bertz CT molecular complexity index is 307. The summed E-state index contributed by atoms with van der Waals surface area (Å²) in [7, 11) is 2.00. The van der Waals surface area contributed by atoms with Crippen molar-refractivity contribution in [2.45, 2.75) is 26.5 Å². The van der Waals surface area contributed by atoms with Gasteiger partial charge in [-0.2, -0.15) is 16.9 Å². The summed E-state index contributed by atoms with van der Waals surface area (Å²) in [5.41, 5.74) is 2.36. The highest BCUT2D eigenvalue weighted by atomic mass is 79.9. The lowest BCUT2D eigenvalue weighted by molar-refractivity contribution is 0.724. The molecule has 0 radical (unpaired) electrons. The topological polar surface area (TPSA) is 17.8 Å². The third kappa shape index (κ3) is 3.02. The van der Waals surface area contributed by atoms with Crippen molar-refractivity contribution in [3.8, 4) is 0 Å². The molecule has 0 bridgehead atoms. The van der Waals surface area contributed by atoms with Crippen molar-refractivity contribution in [1.82, 2.24) is 9.78 Å². The van der Waals surface area contributed by atoms with Crippen LogP contribution in [0.2, 0.25) is 0 Å². The molecule has 0 saturated heterocycles. The number of halogens is 1. The summed E-state index contributed by atoms with van der Waals surface area (Å²) in [6, 6.07) is 0. The van der Waals surface area contributed by atoms with Gasteiger partial charge in [-0.15, -0.1) is 0 Å². The molecule has 1 aromatic rings. The Kier molecular flexibility index (Phi) is 4.51. The van der Waals surface area contributed by atoms with Crippen molar-refractivity contribution >= 4 is 27.7 Å². The van der Waals surface area contributed by atoms with Crippen LogP contribution in [-0.4, -0.2) is 15.5 Å². The first-order valence-corrected chi connectivity index (χ1v) is 6.72. The van der Waals surface area contributed by atoms with E-state index in [1.54, 1.807) is 0 Å². The summed E-state index contributed by atoms with van der Waals surface area (Å²) in [6.07, 6.45) is 0. The highest BCUT2D eigenvalue weighted by Gasteiger charge is 2.10. The molecule has 0 amide bonds. The van der Waals surface area contributed by atoms with E-state index < -0.39 is 0 Å². The molecule has 0 aliphatic heterocycles. The highest BCUT2D eigenvalue weighted by Crippen LogP contribution is 2.24. The number of rotatable bonds is 4. The SMILES string of the molecule is Cc1nn(C)c(CSCC(C)C)c1Br. The largest absolute Gasteiger partial charge is 0.270 e. The third-order valence-corrected chi connectivity index (χ3v) is 4.36. The molecule has 14 heavy (non-hydrogen) atoms. The minimum atomic E-state index is 0.757. The van der Waals surface area contributed by atoms with Gasteiger partial charge in [-0.25, -0.2) is 0 Å². The van der Waals surface area contributed by atoms with E-state index in [0.717, 1.165) is 21.8 Å². The molecule has 0 atom stereocenters.